The maximum absolute atomic E-state index is 11.9. The lowest BCUT2D eigenvalue weighted by Crippen LogP contribution is -2.48. The van der Waals surface area contributed by atoms with E-state index >= 15 is 0 Å². The van der Waals surface area contributed by atoms with Gasteiger partial charge in [0.1, 0.15) is 6.04 Å². The van der Waals surface area contributed by atoms with Gasteiger partial charge in [-0.05, 0) is 13.3 Å². The van der Waals surface area contributed by atoms with Crippen LogP contribution in [0.1, 0.15) is 19.8 Å². The minimum atomic E-state index is -1.09. The number of hydrogen-bond donors (Lipinski definition) is 3. The van der Waals surface area contributed by atoms with Gasteiger partial charge in [0, 0.05) is 32.7 Å². The van der Waals surface area contributed by atoms with Gasteiger partial charge < -0.3 is 25.2 Å². The van der Waals surface area contributed by atoms with Gasteiger partial charge in [-0.1, -0.05) is 0 Å². The van der Waals surface area contributed by atoms with Crippen LogP contribution in [0, 0.1) is 0 Å². The second-order valence-electron chi connectivity index (χ2n) is 4.53. The van der Waals surface area contributed by atoms with E-state index in [2.05, 4.69) is 5.32 Å². The lowest BCUT2D eigenvalue weighted by atomic mass is 10.2. The van der Waals surface area contributed by atoms with Gasteiger partial charge in [-0.2, -0.15) is 0 Å². The number of β-amino-alcohol motifs (C(OH)–C–C–N with tert-alkyl or cyclic N) is 1. The number of aliphatic hydroxyl groups is 1. The van der Waals surface area contributed by atoms with Crippen molar-refractivity contribution in [3.05, 3.63) is 0 Å². The van der Waals surface area contributed by atoms with Gasteiger partial charge in [0.2, 0.25) is 0 Å². The average molecular weight is 260 g/mol. The van der Waals surface area contributed by atoms with Crippen molar-refractivity contribution in [3.63, 3.8) is 0 Å². The van der Waals surface area contributed by atoms with Gasteiger partial charge in [-0.25, -0.2) is 9.59 Å². The fourth-order valence-corrected chi connectivity index (χ4v) is 1.93. The summed E-state index contributed by atoms with van der Waals surface area (Å²) in [5.74, 6) is -1.09. The summed E-state index contributed by atoms with van der Waals surface area (Å²) in [5.41, 5.74) is 0. The van der Waals surface area contributed by atoms with E-state index in [1.165, 1.54) is 0 Å². The first-order chi connectivity index (χ1) is 8.45. The van der Waals surface area contributed by atoms with Crippen LogP contribution in [0.15, 0.2) is 0 Å². The number of carbonyl (C=O) groups excluding carboxylic acids is 1. The third kappa shape index (κ3) is 3.85. The number of ether oxygens (including phenoxy) is 1. The first-order valence-corrected chi connectivity index (χ1v) is 5.92. The Bertz CT molecular complexity index is 310. The van der Waals surface area contributed by atoms with Gasteiger partial charge in [0.15, 0.2) is 0 Å². The molecule has 0 bridgehead atoms. The molecule has 1 heterocycles. The molecular weight excluding hydrogens is 240 g/mol. The zero-order valence-corrected chi connectivity index (χ0v) is 10.6. The third-order valence-corrected chi connectivity index (χ3v) is 2.95. The summed E-state index contributed by atoms with van der Waals surface area (Å²) in [4.78, 5) is 24.0. The number of hydrogen-bond acceptors (Lipinski definition) is 4. The molecule has 1 rings (SSSR count). The topological polar surface area (TPSA) is 99.1 Å². The normalized spacial score (nSPS) is 24.9. The number of urea groups is 1. The molecule has 0 saturated carbocycles. The molecule has 3 atom stereocenters. The van der Waals surface area contributed by atoms with E-state index in [0.29, 0.717) is 13.0 Å². The predicted octanol–water partition coefficient (Wildman–Crippen LogP) is -0.359. The van der Waals surface area contributed by atoms with E-state index in [1.54, 1.807) is 7.11 Å². The zero-order chi connectivity index (χ0) is 13.7. The van der Waals surface area contributed by atoms with Crippen molar-refractivity contribution in [1.82, 2.24) is 10.2 Å². The van der Waals surface area contributed by atoms with Crippen LogP contribution in [-0.2, 0) is 9.53 Å². The largest absolute Gasteiger partial charge is 0.480 e. The first-order valence-electron chi connectivity index (χ1n) is 5.92. The fourth-order valence-electron chi connectivity index (χ4n) is 1.93. The number of likely N-dealkylation sites (tertiary alicyclic amines) is 1. The van der Waals surface area contributed by atoms with Crippen LogP contribution in [0.3, 0.4) is 0 Å². The molecule has 1 aliphatic heterocycles. The number of carbonyl (C=O) groups is 2. The molecule has 18 heavy (non-hydrogen) atoms. The molecule has 1 unspecified atom stereocenters. The Morgan fingerprint density at radius 3 is 2.78 bits per heavy atom. The van der Waals surface area contributed by atoms with Crippen molar-refractivity contribution in [3.8, 4) is 0 Å². The quantitative estimate of drug-likeness (QED) is 0.627. The lowest BCUT2D eigenvalue weighted by molar-refractivity contribution is -0.141. The third-order valence-electron chi connectivity index (χ3n) is 2.95. The molecule has 104 valence electrons. The van der Waals surface area contributed by atoms with Crippen molar-refractivity contribution < 1.29 is 24.5 Å². The van der Waals surface area contributed by atoms with Crippen molar-refractivity contribution >= 4 is 12.0 Å². The Kier molecular flexibility index (Phi) is 5.36. The van der Waals surface area contributed by atoms with E-state index in [4.69, 9.17) is 9.84 Å². The molecule has 1 saturated heterocycles. The molecule has 0 aromatic carbocycles. The van der Waals surface area contributed by atoms with Gasteiger partial charge in [0.05, 0.1) is 6.10 Å². The highest BCUT2D eigenvalue weighted by Crippen LogP contribution is 2.18. The maximum atomic E-state index is 11.9. The molecule has 0 radical (unpaired) electrons. The average Bonchev–Trinajstić information content (AvgIpc) is 2.69. The molecule has 3 N–H and O–H groups in total. The second-order valence-corrected chi connectivity index (χ2v) is 4.53. The lowest BCUT2D eigenvalue weighted by Gasteiger charge is -2.24. The summed E-state index contributed by atoms with van der Waals surface area (Å²) in [6, 6.07) is -1.51. The van der Waals surface area contributed by atoms with Gasteiger partial charge in [0.25, 0.3) is 0 Å². The number of aliphatic carboxylic acids is 1. The summed E-state index contributed by atoms with van der Waals surface area (Å²) >= 11 is 0. The standard InChI is InChI=1S/C11H20N2O5/c1-7(3-4-18-2)12-11(17)13-6-8(14)5-9(13)10(15)16/h7-9,14H,3-6H2,1-2H3,(H,12,17)(H,15,16)/t7?,8-,9-/m1/s1. The number of amides is 2. The Morgan fingerprint density at radius 2 is 2.22 bits per heavy atom. The van der Waals surface area contributed by atoms with Crippen LogP contribution < -0.4 is 5.32 Å². The number of nitrogens with zero attached hydrogens (tertiary/aromatic N) is 1. The van der Waals surface area contributed by atoms with Gasteiger partial charge in [-0.3, -0.25) is 0 Å². The summed E-state index contributed by atoms with van der Waals surface area (Å²) in [6.45, 7) is 2.39. The second kappa shape index (κ2) is 6.55. The van der Waals surface area contributed by atoms with Crippen molar-refractivity contribution in [2.75, 3.05) is 20.3 Å². The van der Waals surface area contributed by atoms with E-state index in [1.807, 2.05) is 6.92 Å². The first kappa shape index (κ1) is 14.7. The van der Waals surface area contributed by atoms with E-state index in [-0.39, 0.29) is 19.0 Å². The van der Waals surface area contributed by atoms with Crippen LogP contribution in [0.25, 0.3) is 0 Å². The minimum absolute atomic E-state index is 0.0554. The fraction of sp³-hybridized carbons (Fsp3) is 0.818. The molecule has 7 nitrogen and oxygen atoms in total. The highest BCUT2D eigenvalue weighted by Gasteiger charge is 2.39. The van der Waals surface area contributed by atoms with E-state index < -0.39 is 24.1 Å². The number of carboxylic acids is 1. The van der Waals surface area contributed by atoms with Crippen molar-refractivity contribution in [2.45, 2.75) is 38.0 Å². The summed E-state index contributed by atoms with van der Waals surface area (Å²) in [7, 11) is 1.58. The molecule has 0 aromatic heterocycles. The smallest absolute Gasteiger partial charge is 0.326 e. The number of methoxy groups -OCH3 is 1. The number of rotatable bonds is 5. The summed E-state index contributed by atoms with van der Waals surface area (Å²) in [6.07, 6.45) is -0.0443. The van der Waals surface area contributed by atoms with Crippen molar-refractivity contribution in [1.29, 1.82) is 0 Å². The molecule has 1 fully saturated rings. The Balaban J connectivity index is 2.52. The highest BCUT2D eigenvalue weighted by molar-refractivity contribution is 5.83. The number of carboxylic acid groups (broad SMARTS) is 1. The Labute approximate surface area is 106 Å². The van der Waals surface area contributed by atoms with Crippen LogP contribution >= 0.6 is 0 Å². The number of aliphatic hydroxyl groups excluding tert-OH is 1. The molecule has 0 aromatic rings. The molecule has 1 aliphatic rings. The zero-order valence-electron chi connectivity index (χ0n) is 10.6. The van der Waals surface area contributed by atoms with Crippen molar-refractivity contribution in [2.24, 2.45) is 0 Å². The highest BCUT2D eigenvalue weighted by atomic mass is 16.5. The monoisotopic (exact) mass is 260 g/mol. The van der Waals surface area contributed by atoms with Crippen LogP contribution in [0.5, 0.6) is 0 Å². The predicted molar refractivity (Wildman–Crippen MR) is 63.2 cm³/mol. The minimum Gasteiger partial charge on any atom is -0.480 e. The summed E-state index contributed by atoms with van der Waals surface area (Å²) in [5, 5.41) is 21.1. The molecule has 7 heteroatoms. The molecule has 0 aliphatic carbocycles. The molecule has 0 spiro atoms. The van der Waals surface area contributed by atoms with Crippen LogP contribution in [0.2, 0.25) is 0 Å². The maximum Gasteiger partial charge on any atom is 0.326 e. The van der Waals surface area contributed by atoms with Crippen LogP contribution in [0.4, 0.5) is 4.79 Å². The number of nitrogens with one attached hydrogen (secondary N) is 1. The van der Waals surface area contributed by atoms with Crippen LogP contribution in [-0.4, -0.2) is 65.6 Å². The van der Waals surface area contributed by atoms with E-state index in [0.717, 1.165) is 4.90 Å². The summed E-state index contributed by atoms with van der Waals surface area (Å²) < 4.78 is 4.90. The Morgan fingerprint density at radius 1 is 1.56 bits per heavy atom. The molecule has 2 amide bonds. The SMILES string of the molecule is COCCC(C)NC(=O)N1C[C@H](O)C[C@@H]1C(=O)O. The van der Waals surface area contributed by atoms with Gasteiger partial charge in [-0.15, -0.1) is 0 Å². The Hall–Kier alpha value is -1.34. The van der Waals surface area contributed by atoms with Gasteiger partial charge >= 0.3 is 12.0 Å². The molecular formula is C11H20N2O5. The van der Waals surface area contributed by atoms with E-state index in [9.17, 15) is 14.7 Å².